The second-order valence-electron chi connectivity index (χ2n) is 26.0. The summed E-state index contributed by atoms with van der Waals surface area (Å²) in [5, 5.41) is 67.2. The van der Waals surface area contributed by atoms with Crippen molar-refractivity contribution in [1.82, 2.24) is 9.97 Å². The second kappa shape index (κ2) is 27.7. The predicted molar refractivity (Wildman–Crippen MR) is 316 cm³/mol. The number of aliphatic hydroxyl groups is 5. The minimum atomic E-state index is -1.08. The number of carboxylic acid groups (broad SMARTS) is 2. The summed E-state index contributed by atoms with van der Waals surface area (Å²) in [5.41, 5.74) is 7.46. The van der Waals surface area contributed by atoms with Gasteiger partial charge in [-0.15, -0.1) is 0 Å². The molecule has 0 bridgehead atoms. The Morgan fingerprint density at radius 1 is 0.641 bits per heavy atom. The number of hydrogen-bond acceptors (Lipinski definition) is 8. The molecule has 9 rings (SSSR count). The molecule has 2 unspecified atom stereocenters. The maximum Gasteiger partial charge on any atom is 0.303 e. The van der Waals surface area contributed by atoms with Crippen LogP contribution in [-0.2, 0) is 9.59 Å². The first kappa shape index (κ1) is 63.3. The Bertz CT molecular complexity index is 2430. The summed E-state index contributed by atoms with van der Waals surface area (Å²) < 4.78 is 0.676. The first-order chi connectivity index (χ1) is 36.8. The summed E-state index contributed by atoms with van der Waals surface area (Å²) in [6, 6.07) is 0. The SMILES string of the molecule is C=C1/C(=C\C=C2/CCC[C@@]3(C)C2CC[C@@H]3[C@H](C)/C=C/C2(C(C)C)CC2)C[C@@H](O)C[C@@H]1O.C=C1/C(=C\C=C2/CCC[C@@]3(C)C2CC[C@@H]3[C@H](C)/C=C/[C@@H](C)C2(O)CCCC2)C[C@@H](O)C[C@@H]1O.O=C(O)CCC(=O)O.S=c1[nH]cc[nH]1. The summed E-state index contributed by atoms with van der Waals surface area (Å²) >= 11 is 4.63. The minimum Gasteiger partial charge on any atom is -0.481 e. The zero-order valence-corrected chi connectivity index (χ0v) is 49.3. The van der Waals surface area contributed by atoms with Crippen molar-refractivity contribution in [2.45, 2.75) is 220 Å². The van der Waals surface area contributed by atoms with E-state index in [0.29, 0.717) is 76.3 Å². The van der Waals surface area contributed by atoms with E-state index >= 15 is 0 Å². The minimum absolute atomic E-state index is 0.232. The van der Waals surface area contributed by atoms with Crippen LogP contribution in [0.2, 0.25) is 0 Å². The first-order valence-electron chi connectivity index (χ1n) is 30.0. The molecule has 11 nitrogen and oxygen atoms in total. The fourth-order valence-corrected chi connectivity index (χ4v) is 15.5. The van der Waals surface area contributed by atoms with Crippen molar-refractivity contribution in [2.24, 2.45) is 63.6 Å². The van der Waals surface area contributed by atoms with Crippen LogP contribution in [0.1, 0.15) is 190 Å². The van der Waals surface area contributed by atoms with Gasteiger partial charge in [-0.2, -0.15) is 0 Å². The van der Waals surface area contributed by atoms with Crippen molar-refractivity contribution in [3.05, 3.63) is 112 Å². The lowest BCUT2D eigenvalue weighted by Crippen LogP contribution is -2.36. The van der Waals surface area contributed by atoms with Gasteiger partial charge in [0.05, 0.1) is 42.9 Å². The Kier molecular flexibility index (Phi) is 22.5. The molecule has 13 atom stereocenters. The van der Waals surface area contributed by atoms with E-state index < -0.39 is 42.0 Å². The number of aliphatic carboxylic acids is 2. The Morgan fingerprint density at radius 2 is 1.08 bits per heavy atom. The highest BCUT2D eigenvalue weighted by Crippen LogP contribution is 2.61. The highest BCUT2D eigenvalue weighted by Gasteiger charge is 2.52. The van der Waals surface area contributed by atoms with Crippen molar-refractivity contribution in [2.75, 3.05) is 0 Å². The van der Waals surface area contributed by atoms with Gasteiger partial charge in [0, 0.05) is 31.2 Å². The highest BCUT2D eigenvalue weighted by molar-refractivity contribution is 7.71. The molecule has 8 aliphatic carbocycles. The van der Waals surface area contributed by atoms with Gasteiger partial charge in [0.1, 0.15) is 0 Å². The number of carbonyl (C=O) groups is 2. The van der Waals surface area contributed by atoms with Gasteiger partial charge in [0.15, 0.2) is 4.77 Å². The van der Waals surface area contributed by atoms with Gasteiger partial charge >= 0.3 is 11.9 Å². The van der Waals surface area contributed by atoms with Crippen LogP contribution in [0.4, 0.5) is 0 Å². The van der Waals surface area contributed by atoms with E-state index in [1.165, 1.54) is 70.6 Å². The molecule has 0 spiro atoms. The van der Waals surface area contributed by atoms with Crippen LogP contribution in [0.25, 0.3) is 0 Å². The molecular weight excluding hydrogens is 997 g/mol. The number of rotatable bonds is 13. The Morgan fingerprint density at radius 3 is 1.46 bits per heavy atom. The quantitative estimate of drug-likeness (QED) is 0.0675. The third-order valence-corrected chi connectivity index (χ3v) is 20.9. The van der Waals surface area contributed by atoms with Gasteiger partial charge in [-0.1, -0.05) is 134 Å². The van der Waals surface area contributed by atoms with Crippen molar-refractivity contribution in [3.63, 3.8) is 0 Å². The molecular formula is C66H100N2O9S. The van der Waals surface area contributed by atoms with Crippen molar-refractivity contribution < 1.29 is 45.3 Å². The third-order valence-electron chi connectivity index (χ3n) is 20.7. The summed E-state index contributed by atoms with van der Waals surface area (Å²) in [6.45, 7) is 25.0. The summed E-state index contributed by atoms with van der Waals surface area (Å²) in [4.78, 5) is 24.8. The van der Waals surface area contributed by atoms with E-state index in [1.54, 1.807) is 23.5 Å². The standard InChI is InChI=1S/C30H46O3.C29H44O2.C4H6O4.C3H4N2S/c1-20(9-10-21(2)30(33)16-5-6-17-30)26-13-14-27-23(8-7-15-29(26,27)4)11-12-24-18-25(31)19-28(32)22(24)3;1-19(2)29(15-16-29)14-12-20(3)25-10-11-26-22(7-6-13-28(25,26)5)8-9-23-17-24(30)18-27(31)21(23)4;5-3(6)1-2-4(7)8;6-3-4-1-2-5-3/h9-12,20-21,25-28,31-33H,3,5-8,13-19H2,1-2,4H3;8-9,12,14,19-20,24-27,30-31H,4,6-7,10-11,13,15-18H2,1-3,5H3;1-2H2,(H,5,6)(H,7,8);1-2H,(H2,4,5,6)/b10-9+,23-11+,24-12-;14-12+,22-8+,23-9-;;/t20-,21-,25-,26-,27?,28+,29-;20-,24-,25-,26?,27+,28-;;/m11../s1. The number of aromatic nitrogens is 2. The van der Waals surface area contributed by atoms with E-state index in [-0.39, 0.29) is 18.8 Å². The summed E-state index contributed by atoms with van der Waals surface area (Å²) in [6.07, 6.45) is 41.1. The molecule has 8 aliphatic rings. The molecule has 9 N–H and O–H groups in total. The van der Waals surface area contributed by atoms with E-state index in [4.69, 9.17) is 10.2 Å². The molecule has 434 valence electrons. The van der Waals surface area contributed by atoms with Gasteiger partial charge in [0.25, 0.3) is 0 Å². The zero-order chi connectivity index (χ0) is 57.2. The van der Waals surface area contributed by atoms with E-state index in [9.17, 15) is 35.1 Å². The average Bonchev–Trinajstić information content (AvgIpc) is 3.81. The third kappa shape index (κ3) is 16.0. The fourth-order valence-electron chi connectivity index (χ4n) is 15.4. The van der Waals surface area contributed by atoms with Crippen molar-refractivity contribution >= 4 is 24.2 Å². The number of aromatic amines is 2. The highest BCUT2D eigenvalue weighted by atomic mass is 32.1. The van der Waals surface area contributed by atoms with Crippen LogP contribution in [0.3, 0.4) is 0 Å². The van der Waals surface area contributed by atoms with Gasteiger partial charge < -0.3 is 45.7 Å². The summed E-state index contributed by atoms with van der Waals surface area (Å²) in [7, 11) is 0. The lowest BCUT2D eigenvalue weighted by Gasteiger charge is -2.44. The summed E-state index contributed by atoms with van der Waals surface area (Å²) in [5.74, 6) is 2.73. The smallest absolute Gasteiger partial charge is 0.303 e. The topological polar surface area (TPSA) is 207 Å². The second-order valence-corrected chi connectivity index (χ2v) is 26.4. The average molecular weight is 1100 g/mol. The molecule has 1 aromatic rings. The normalized spacial score (nSPS) is 35.3. The molecule has 1 heterocycles. The molecule has 0 aromatic carbocycles. The van der Waals surface area contributed by atoms with Crippen molar-refractivity contribution in [1.29, 1.82) is 0 Å². The van der Waals surface area contributed by atoms with E-state index in [0.717, 1.165) is 66.2 Å². The number of hydrogen-bond donors (Lipinski definition) is 9. The molecule has 78 heavy (non-hydrogen) atoms. The monoisotopic (exact) mass is 1100 g/mol. The molecule has 0 radical (unpaired) electrons. The van der Waals surface area contributed by atoms with Crippen LogP contribution >= 0.6 is 12.2 Å². The van der Waals surface area contributed by atoms with Crippen LogP contribution in [-0.4, -0.2) is 87.7 Å². The molecule has 12 heteroatoms. The Hall–Kier alpha value is -3.91. The number of H-pyrrole nitrogens is 2. The number of fused-ring (bicyclic) bond motifs is 2. The molecule has 8 fully saturated rings. The van der Waals surface area contributed by atoms with E-state index in [1.807, 2.05) is 0 Å². The van der Waals surface area contributed by atoms with Gasteiger partial charge in [-0.05, 0) is 195 Å². The first-order valence-corrected chi connectivity index (χ1v) is 30.4. The Labute approximate surface area is 473 Å². The lowest BCUT2D eigenvalue weighted by atomic mass is 9.61. The zero-order valence-electron chi connectivity index (χ0n) is 48.5. The van der Waals surface area contributed by atoms with E-state index in [2.05, 4.69) is 132 Å². The van der Waals surface area contributed by atoms with Crippen LogP contribution < -0.4 is 0 Å². The van der Waals surface area contributed by atoms with Crippen LogP contribution in [0.5, 0.6) is 0 Å². The Balaban J connectivity index is 0.000000202. The predicted octanol–water partition coefficient (Wildman–Crippen LogP) is 14.0. The number of carboxylic acids is 2. The number of allylic oxidation sites excluding steroid dienone is 9. The molecule has 1 aromatic heterocycles. The van der Waals surface area contributed by atoms with Gasteiger partial charge in [0.2, 0.25) is 0 Å². The largest absolute Gasteiger partial charge is 0.481 e. The van der Waals surface area contributed by atoms with Crippen LogP contribution in [0, 0.1) is 68.4 Å². The van der Waals surface area contributed by atoms with Crippen LogP contribution in [0.15, 0.2) is 108 Å². The maximum absolute atomic E-state index is 10.9. The van der Waals surface area contributed by atoms with Crippen molar-refractivity contribution in [3.8, 4) is 0 Å². The number of aliphatic hydroxyl groups excluding tert-OH is 4. The number of imidazole rings is 1. The molecule has 0 saturated heterocycles. The molecule has 0 amide bonds. The fraction of sp³-hybridized carbons (Fsp3) is 0.682. The molecule has 8 saturated carbocycles. The number of nitrogens with one attached hydrogen (secondary N) is 2. The molecule has 0 aliphatic heterocycles. The lowest BCUT2D eigenvalue weighted by molar-refractivity contribution is -0.143. The van der Waals surface area contributed by atoms with Gasteiger partial charge in [-0.25, -0.2) is 0 Å². The maximum atomic E-state index is 10.9. The van der Waals surface area contributed by atoms with Gasteiger partial charge in [-0.3, -0.25) is 9.59 Å².